The summed E-state index contributed by atoms with van der Waals surface area (Å²) in [5.41, 5.74) is 3.99. The Morgan fingerprint density at radius 2 is 1.63 bits per heavy atom. The maximum absolute atomic E-state index is 12.0. The maximum atomic E-state index is 12.0. The topological polar surface area (TPSA) is 72.5 Å². The summed E-state index contributed by atoms with van der Waals surface area (Å²) in [5, 5.41) is 5.66. The lowest BCUT2D eigenvalue weighted by molar-refractivity contribution is 0.250. The third kappa shape index (κ3) is 6.51. The van der Waals surface area contributed by atoms with E-state index in [1.165, 1.54) is 0 Å². The Labute approximate surface area is 177 Å². The Morgan fingerprint density at radius 3 is 2.33 bits per heavy atom. The first kappa shape index (κ1) is 21.2. The molecular formula is C24H27N3O3. The molecule has 2 aromatic carbocycles. The molecule has 0 unspecified atom stereocenters. The molecule has 0 bridgehead atoms. The second kappa shape index (κ2) is 10.9. The molecule has 0 saturated heterocycles. The van der Waals surface area contributed by atoms with E-state index < -0.39 is 0 Å². The van der Waals surface area contributed by atoms with Gasteiger partial charge in [-0.15, -0.1) is 0 Å². The van der Waals surface area contributed by atoms with E-state index in [2.05, 4.69) is 15.6 Å². The minimum Gasteiger partial charge on any atom is -0.493 e. The number of ether oxygens (including phenoxy) is 2. The molecule has 2 N–H and O–H groups in total. The predicted octanol–water partition coefficient (Wildman–Crippen LogP) is 4.87. The molecule has 0 saturated carbocycles. The van der Waals surface area contributed by atoms with E-state index in [1.807, 2.05) is 68.4 Å². The number of anilines is 1. The number of rotatable bonds is 9. The van der Waals surface area contributed by atoms with E-state index >= 15 is 0 Å². The van der Waals surface area contributed by atoms with Crippen molar-refractivity contribution in [2.45, 2.75) is 26.9 Å². The van der Waals surface area contributed by atoms with Crippen LogP contribution < -0.4 is 20.1 Å². The zero-order valence-corrected chi connectivity index (χ0v) is 17.4. The van der Waals surface area contributed by atoms with Gasteiger partial charge >= 0.3 is 6.03 Å². The third-order valence-electron chi connectivity index (χ3n) is 4.53. The zero-order chi connectivity index (χ0) is 21.2. The number of benzene rings is 2. The molecule has 3 aromatic rings. The van der Waals surface area contributed by atoms with E-state index in [4.69, 9.17) is 9.47 Å². The number of nitrogens with zero attached hydrogens (tertiary/aromatic N) is 1. The number of urea groups is 1. The van der Waals surface area contributed by atoms with Gasteiger partial charge in [-0.1, -0.05) is 18.2 Å². The molecule has 0 atom stereocenters. The minimum absolute atomic E-state index is 0.243. The lowest BCUT2D eigenvalue weighted by Crippen LogP contribution is -2.30. The molecule has 0 aliphatic heterocycles. The van der Waals surface area contributed by atoms with Gasteiger partial charge in [-0.25, -0.2) is 4.79 Å². The third-order valence-corrected chi connectivity index (χ3v) is 4.53. The Bertz CT molecular complexity index is 923. The van der Waals surface area contributed by atoms with Gasteiger partial charge in [-0.3, -0.25) is 4.98 Å². The Kier molecular flexibility index (Phi) is 7.66. The lowest BCUT2D eigenvalue weighted by Gasteiger charge is -2.12. The van der Waals surface area contributed by atoms with Crippen LogP contribution in [0.3, 0.4) is 0 Å². The van der Waals surface area contributed by atoms with E-state index in [-0.39, 0.29) is 6.03 Å². The van der Waals surface area contributed by atoms with Crippen LogP contribution in [0.25, 0.3) is 0 Å². The van der Waals surface area contributed by atoms with Crippen LogP contribution in [0.2, 0.25) is 0 Å². The van der Waals surface area contributed by atoms with E-state index in [9.17, 15) is 4.79 Å². The van der Waals surface area contributed by atoms with Gasteiger partial charge in [-0.05, 0) is 73.4 Å². The van der Waals surface area contributed by atoms with E-state index in [0.717, 1.165) is 34.6 Å². The molecule has 156 valence electrons. The molecule has 6 heteroatoms. The van der Waals surface area contributed by atoms with Crippen molar-refractivity contribution in [3.8, 4) is 11.5 Å². The van der Waals surface area contributed by atoms with Crippen LogP contribution in [0.5, 0.6) is 11.5 Å². The number of aromatic nitrogens is 1. The molecular weight excluding hydrogens is 378 g/mol. The summed E-state index contributed by atoms with van der Waals surface area (Å²) in [5.74, 6) is 1.66. The second-order valence-electron chi connectivity index (χ2n) is 6.97. The van der Waals surface area contributed by atoms with Crippen molar-refractivity contribution in [3.63, 3.8) is 0 Å². The highest BCUT2D eigenvalue weighted by molar-refractivity contribution is 5.89. The van der Waals surface area contributed by atoms with Crippen molar-refractivity contribution in [3.05, 3.63) is 83.7 Å². The molecule has 0 aliphatic rings. The largest absolute Gasteiger partial charge is 0.493 e. The van der Waals surface area contributed by atoms with Gasteiger partial charge in [0.05, 0.1) is 6.61 Å². The first-order chi connectivity index (χ1) is 14.6. The summed E-state index contributed by atoms with van der Waals surface area (Å²) in [4.78, 5) is 16.0. The molecule has 6 nitrogen and oxygen atoms in total. The molecule has 1 aromatic heterocycles. The number of nitrogens with one attached hydrogen (secondary N) is 2. The Hall–Kier alpha value is -3.54. The quantitative estimate of drug-likeness (QED) is 0.498. The van der Waals surface area contributed by atoms with Gasteiger partial charge in [0, 0.05) is 24.6 Å². The van der Waals surface area contributed by atoms with Gasteiger partial charge < -0.3 is 20.1 Å². The molecule has 1 heterocycles. The molecule has 3 rings (SSSR count). The van der Waals surface area contributed by atoms with Gasteiger partial charge in [0.2, 0.25) is 0 Å². The molecule has 0 aliphatic carbocycles. The summed E-state index contributed by atoms with van der Waals surface area (Å²) in [6, 6.07) is 16.9. The smallest absolute Gasteiger partial charge is 0.319 e. The standard InChI is InChI=1S/C24H27N3O3/c1-18-5-3-6-19(2)23(18)29-16-4-13-26-24(28)27-21-7-9-22(10-8-21)30-17-20-11-14-25-15-12-20/h3,5-12,14-15H,4,13,16-17H2,1-2H3,(H2,26,27,28). The monoisotopic (exact) mass is 405 g/mol. The van der Waals surface area contributed by atoms with Gasteiger partial charge in [0.15, 0.2) is 0 Å². The molecule has 0 radical (unpaired) electrons. The Morgan fingerprint density at radius 1 is 0.933 bits per heavy atom. The van der Waals surface area contributed by atoms with Gasteiger partial charge in [-0.2, -0.15) is 0 Å². The number of pyridine rings is 1. The average Bonchev–Trinajstić information content (AvgIpc) is 2.75. The fraction of sp³-hybridized carbons (Fsp3) is 0.250. The zero-order valence-electron chi connectivity index (χ0n) is 17.4. The fourth-order valence-corrected chi connectivity index (χ4v) is 2.93. The Balaban J connectivity index is 1.34. The summed E-state index contributed by atoms with van der Waals surface area (Å²) < 4.78 is 11.6. The van der Waals surface area contributed by atoms with Crippen molar-refractivity contribution >= 4 is 11.7 Å². The van der Waals surface area contributed by atoms with Gasteiger partial charge in [0.25, 0.3) is 0 Å². The lowest BCUT2D eigenvalue weighted by atomic mass is 10.1. The first-order valence-corrected chi connectivity index (χ1v) is 9.97. The minimum atomic E-state index is -0.243. The van der Waals surface area contributed by atoms with Crippen LogP contribution in [0.1, 0.15) is 23.1 Å². The SMILES string of the molecule is Cc1cccc(C)c1OCCCNC(=O)Nc1ccc(OCc2ccncc2)cc1. The van der Waals surface area contributed by atoms with Crippen molar-refractivity contribution in [1.82, 2.24) is 10.3 Å². The molecule has 0 spiro atoms. The number of hydrogen-bond donors (Lipinski definition) is 2. The highest BCUT2D eigenvalue weighted by Gasteiger charge is 2.04. The number of aryl methyl sites for hydroxylation is 2. The van der Waals surface area contributed by atoms with Crippen LogP contribution in [-0.4, -0.2) is 24.2 Å². The summed E-state index contributed by atoms with van der Waals surface area (Å²) in [6.45, 7) is 5.62. The van der Waals surface area contributed by atoms with Crippen LogP contribution >= 0.6 is 0 Å². The van der Waals surface area contributed by atoms with Crippen LogP contribution in [0.15, 0.2) is 67.0 Å². The van der Waals surface area contributed by atoms with Crippen molar-refractivity contribution < 1.29 is 14.3 Å². The number of para-hydroxylation sites is 1. The second-order valence-corrected chi connectivity index (χ2v) is 6.97. The average molecular weight is 405 g/mol. The normalized spacial score (nSPS) is 10.3. The van der Waals surface area contributed by atoms with Crippen LogP contribution in [-0.2, 0) is 6.61 Å². The van der Waals surface area contributed by atoms with Crippen molar-refractivity contribution in [1.29, 1.82) is 0 Å². The summed E-state index contributed by atoms with van der Waals surface area (Å²) in [7, 11) is 0. The first-order valence-electron chi connectivity index (χ1n) is 9.97. The van der Waals surface area contributed by atoms with Crippen molar-refractivity contribution in [2.75, 3.05) is 18.5 Å². The number of carbonyl (C=O) groups is 1. The summed E-state index contributed by atoms with van der Waals surface area (Å²) in [6.07, 6.45) is 4.20. The number of amides is 2. The number of hydrogen-bond acceptors (Lipinski definition) is 4. The highest BCUT2D eigenvalue weighted by Crippen LogP contribution is 2.22. The highest BCUT2D eigenvalue weighted by atomic mass is 16.5. The maximum Gasteiger partial charge on any atom is 0.319 e. The molecule has 2 amide bonds. The van der Waals surface area contributed by atoms with E-state index in [0.29, 0.717) is 25.4 Å². The fourth-order valence-electron chi connectivity index (χ4n) is 2.93. The predicted molar refractivity (Wildman–Crippen MR) is 118 cm³/mol. The number of carbonyl (C=O) groups excluding carboxylic acids is 1. The van der Waals surface area contributed by atoms with E-state index in [1.54, 1.807) is 12.4 Å². The summed E-state index contributed by atoms with van der Waals surface area (Å²) >= 11 is 0. The molecule has 0 fully saturated rings. The van der Waals surface area contributed by atoms with Crippen LogP contribution in [0.4, 0.5) is 10.5 Å². The van der Waals surface area contributed by atoms with Crippen LogP contribution in [0, 0.1) is 13.8 Å². The van der Waals surface area contributed by atoms with Gasteiger partial charge in [0.1, 0.15) is 18.1 Å². The van der Waals surface area contributed by atoms with Crippen molar-refractivity contribution in [2.24, 2.45) is 0 Å². The molecule has 30 heavy (non-hydrogen) atoms.